The fourth-order valence-electron chi connectivity index (χ4n) is 2.84. The summed E-state index contributed by atoms with van der Waals surface area (Å²) in [6.07, 6.45) is -5.04. The Morgan fingerprint density at radius 2 is 1.54 bits per heavy atom. The first-order valence-electron chi connectivity index (χ1n) is 10.2. The summed E-state index contributed by atoms with van der Waals surface area (Å²) >= 11 is 1.66. The average molecular weight is 701 g/mol. The number of carbonyl (C=O) groups is 2. The largest absolute Gasteiger partial charge is 0.573 e. The minimum absolute atomic E-state index is 0.0312. The number of nitrogens with one attached hydrogen (secondary N) is 1. The molecular weight excluding hydrogens is 686 g/mol. The van der Waals surface area contributed by atoms with Crippen LogP contribution in [0.15, 0.2) is 76.5 Å². The second kappa shape index (κ2) is 11.8. The van der Waals surface area contributed by atoms with Crippen molar-refractivity contribution in [3.8, 4) is 17.2 Å². The topological polar surface area (TPSA) is 162 Å². The van der Waals surface area contributed by atoms with Crippen LogP contribution in [-0.4, -0.2) is 46.2 Å². The van der Waals surface area contributed by atoms with Crippen molar-refractivity contribution in [2.45, 2.75) is 16.2 Å². The maximum Gasteiger partial charge on any atom is 0.573 e. The molecule has 208 valence electrons. The number of benzene rings is 3. The van der Waals surface area contributed by atoms with Gasteiger partial charge in [0.05, 0.1) is 4.90 Å². The minimum Gasteiger partial charge on any atom is -0.482 e. The van der Waals surface area contributed by atoms with Gasteiger partial charge in [-0.05, 0) is 77.2 Å². The second-order valence-electron chi connectivity index (χ2n) is 7.31. The number of alkyl halides is 3. The van der Waals surface area contributed by atoms with Crippen molar-refractivity contribution in [2.75, 3.05) is 6.61 Å². The summed E-state index contributed by atoms with van der Waals surface area (Å²) in [6.45, 7) is -0.584. The number of hydrogen-bond donors (Lipinski definition) is 2. The van der Waals surface area contributed by atoms with Gasteiger partial charge in [-0.15, -0.1) is 13.2 Å². The van der Waals surface area contributed by atoms with Crippen LogP contribution in [-0.2, 0) is 24.9 Å². The highest BCUT2D eigenvalue weighted by atomic mass is 127. The van der Waals surface area contributed by atoms with Crippen LogP contribution in [0, 0.1) is 3.57 Å². The number of halogens is 4. The third-order valence-electron chi connectivity index (χ3n) is 4.46. The van der Waals surface area contributed by atoms with Gasteiger partial charge >= 0.3 is 12.3 Å². The van der Waals surface area contributed by atoms with Crippen molar-refractivity contribution in [2.24, 2.45) is 0 Å². The molecule has 1 amide bonds. The van der Waals surface area contributed by atoms with Crippen molar-refractivity contribution in [3.63, 3.8) is 0 Å². The molecule has 0 aromatic heterocycles. The molecule has 0 saturated heterocycles. The van der Waals surface area contributed by atoms with Crippen molar-refractivity contribution in [1.82, 2.24) is 4.72 Å². The molecule has 17 heteroatoms. The molecule has 0 unspecified atom stereocenters. The van der Waals surface area contributed by atoms with E-state index in [0.29, 0.717) is 6.07 Å². The van der Waals surface area contributed by atoms with Gasteiger partial charge in [0.2, 0.25) is 0 Å². The predicted molar refractivity (Wildman–Crippen MR) is 134 cm³/mol. The van der Waals surface area contributed by atoms with Gasteiger partial charge in [-0.3, -0.25) is 9.35 Å². The Kier molecular flexibility index (Phi) is 9.08. The van der Waals surface area contributed by atoms with Crippen molar-refractivity contribution >= 4 is 54.6 Å². The van der Waals surface area contributed by atoms with Crippen LogP contribution in [0.3, 0.4) is 0 Å². The quantitative estimate of drug-likeness (QED) is 0.146. The van der Waals surface area contributed by atoms with Crippen LogP contribution in [0.25, 0.3) is 0 Å². The smallest absolute Gasteiger partial charge is 0.482 e. The third-order valence-corrected chi connectivity index (χ3v) is 7.96. The van der Waals surface area contributed by atoms with Gasteiger partial charge in [0.15, 0.2) is 6.61 Å². The van der Waals surface area contributed by atoms with E-state index in [-0.39, 0.29) is 25.5 Å². The molecule has 0 heterocycles. The molecule has 0 bridgehead atoms. The van der Waals surface area contributed by atoms with E-state index in [1.54, 1.807) is 27.3 Å². The highest BCUT2D eigenvalue weighted by molar-refractivity contribution is 14.1. The number of sulfonamides is 1. The Morgan fingerprint density at radius 3 is 2.13 bits per heavy atom. The lowest BCUT2D eigenvalue weighted by Crippen LogP contribution is -2.30. The minimum atomic E-state index is -5.04. The molecule has 0 aliphatic rings. The Labute approximate surface area is 232 Å². The fraction of sp³-hybridized carbons (Fsp3) is 0.0909. The Balaban J connectivity index is 1.58. The van der Waals surface area contributed by atoms with Gasteiger partial charge < -0.3 is 14.2 Å². The summed E-state index contributed by atoms with van der Waals surface area (Å²) in [5.41, 5.74) is -0.175. The molecule has 0 aliphatic carbocycles. The maximum absolute atomic E-state index is 12.4. The zero-order chi connectivity index (χ0) is 29.0. The summed E-state index contributed by atoms with van der Waals surface area (Å²) in [4.78, 5) is 23.4. The van der Waals surface area contributed by atoms with Gasteiger partial charge in [-0.1, -0.05) is 6.07 Å². The number of amides is 1. The van der Waals surface area contributed by atoms with Crippen LogP contribution >= 0.6 is 22.6 Å². The molecule has 0 atom stereocenters. The van der Waals surface area contributed by atoms with E-state index in [0.717, 1.165) is 36.4 Å². The van der Waals surface area contributed by atoms with E-state index in [1.807, 2.05) is 0 Å². The Bertz CT molecular complexity index is 1610. The van der Waals surface area contributed by atoms with E-state index < -0.39 is 55.6 Å². The van der Waals surface area contributed by atoms with E-state index in [1.165, 1.54) is 24.3 Å². The first-order valence-corrected chi connectivity index (χ1v) is 14.2. The number of rotatable bonds is 9. The first kappa shape index (κ1) is 30.1. The van der Waals surface area contributed by atoms with Crippen LogP contribution in [0.1, 0.15) is 10.4 Å². The summed E-state index contributed by atoms with van der Waals surface area (Å²) in [7, 11) is -8.98. The predicted octanol–water partition coefficient (Wildman–Crippen LogP) is 3.54. The first-order chi connectivity index (χ1) is 18.0. The summed E-state index contributed by atoms with van der Waals surface area (Å²) < 4.78 is 109. The maximum atomic E-state index is 12.4. The lowest BCUT2D eigenvalue weighted by molar-refractivity contribution is -0.274. The molecule has 2 N–H and O–H groups in total. The molecule has 0 fully saturated rings. The SMILES string of the molecule is O=C(COc1ccc(S(=O)(=O)O)c(I)c1)Oc1ccc(C(=O)NS(=O)(=O)c2cccc(OC(F)(F)F)c2)cc1. The molecule has 0 aliphatic heterocycles. The van der Waals surface area contributed by atoms with E-state index in [4.69, 9.17) is 14.0 Å². The van der Waals surface area contributed by atoms with Crippen LogP contribution in [0.2, 0.25) is 0 Å². The molecule has 0 saturated carbocycles. The number of esters is 1. The lowest BCUT2D eigenvalue weighted by atomic mass is 10.2. The molecule has 3 aromatic rings. The van der Waals surface area contributed by atoms with Crippen molar-refractivity contribution in [3.05, 3.63) is 75.9 Å². The van der Waals surface area contributed by atoms with Gasteiger partial charge in [-0.2, -0.15) is 8.42 Å². The van der Waals surface area contributed by atoms with Crippen LogP contribution in [0.5, 0.6) is 17.2 Å². The molecule has 3 aromatic carbocycles. The van der Waals surface area contributed by atoms with Gasteiger partial charge in [0, 0.05) is 15.2 Å². The van der Waals surface area contributed by atoms with E-state index >= 15 is 0 Å². The summed E-state index contributed by atoms with van der Waals surface area (Å²) in [5, 5.41) is 0. The average Bonchev–Trinajstić information content (AvgIpc) is 2.81. The zero-order valence-electron chi connectivity index (χ0n) is 19.0. The zero-order valence-corrected chi connectivity index (χ0v) is 22.8. The van der Waals surface area contributed by atoms with Gasteiger partial charge in [0.1, 0.15) is 22.1 Å². The summed E-state index contributed by atoms with van der Waals surface area (Å²) in [6, 6.07) is 11.7. The van der Waals surface area contributed by atoms with Crippen LogP contribution in [0.4, 0.5) is 13.2 Å². The van der Waals surface area contributed by atoms with Crippen molar-refractivity contribution in [1.29, 1.82) is 0 Å². The molecule has 0 spiro atoms. The molecule has 3 rings (SSSR count). The van der Waals surface area contributed by atoms with Gasteiger partial charge in [-0.25, -0.2) is 17.9 Å². The van der Waals surface area contributed by atoms with Crippen molar-refractivity contribution < 1.29 is 58.4 Å². The lowest BCUT2D eigenvalue weighted by Gasteiger charge is -2.11. The second-order valence-corrected chi connectivity index (χ2v) is 11.5. The van der Waals surface area contributed by atoms with Gasteiger partial charge in [0.25, 0.3) is 26.0 Å². The molecular formula is C22H15F3INO10S2. The molecule has 11 nitrogen and oxygen atoms in total. The Morgan fingerprint density at radius 1 is 0.897 bits per heavy atom. The van der Waals surface area contributed by atoms with E-state index in [2.05, 4.69) is 4.74 Å². The molecule has 39 heavy (non-hydrogen) atoms. The fourth-order valence-corrected chi connectivity index (χ4v) is 5.71. The molecule has 0 radical (unpaired) electrons. The Hall–Kier alpha value is -3.42. The van der Waals surface area contributed by atoms with E-state index in [9.17, 15) is 39.6 Å². The number of carbonyl (C=O) groups excluding carboxylic acids is 2. The number of hydrogen-bond acceptors (Lipinski definition) is 9. The third kappa shape index (κ3) is 8.80. The monoisotopic (exact) mass is 701 g/mol. The highest BCUT2D eigenvalue weighted by Gasteiger charge is 2.31. The standard InChI is InChI=1S/C22H15F3INO10S2/c23-22(24,25)37-16-2-1-3-17(10-16)38(30,31)27-21(29)13-4-6-14(7-5-13)36-20(28)12-35-15-8-9-19(18(26)11-15)39(32,33)34/h1-11H,12H2,(H,27,29)(H,32,33,34). The normalized spacial score (nSPS) is 11.9. The highest BCUT2D eigenvalue weighted by Crippen LogP contribution is 2.25. The summed E-state index contributed by atoms with van der Waals surface area (Å²) in [5.74, 6) is -2.69. The number of ether oxygens (including phenoxy) is 3. The van der Waals surface area contributed by atoms with Crippen LogP contribution < -0.4 is 18.9 Å².